The van der Waals surface area contributed by atoms with Crippen molar-refractivity contribution in [3.63, 3.8) is 0 Å². The molecule has 2 aromatic carbocycles. The number of benzene rings is 2. The molecule has 0 saturated heterocycles. The Hall–Kier alpha value is -2.75. The molecular formula is C18H14N2O2. The van der Waals surface area contributed by atoms with Gasteiger partial charge in [0.1, 0.15) is 12.8 Å². The molecule has 2 aromatic rings. The second-order valence-corrected chi connectivity index (χ2v) is 5.52. The van der Waals surface area contributed by atoms with E-state index in [0.717, 1.165) is 40.8 Å². The monoisotopic (exact) mass is 290 g/mol. The van der Waals surface area contributed by atoms with E-state index in [1.807, 2.05) is 42.5 Å². The van der Waals surface area contributed by atoms with E-state index in [9.17, 15) is 9.59 Å². The maximum Gasteiger partial charge on any atom is 0.248 e. The largest absolute Gasteiger partial charge is 0.310 e. The van der Waals surface area contributed by atoms with E-state index in [4.69, 9.17) is 0 Å². The second kappa shape index (κ2) is 4.91. The zero-order chi connectivity index (χ0) is 15.1. The molecule has 0 atom stereocenters. The van der Waals surface area contributed by atoms with Crippen LogP contribution in [0.15, 0.2) is 47.5 Å². The molecule has 0 N–H and O–H groups in total. The van der Waals surface area contributed by atoms with Crippen LogP contribution < -0.4 is 4.90 Å². The quantitative estimate of drug-likeness (QED) is 0.796. The Bertz CT molecular complexity index is 809. The van der Waals surface area contributed by atoms with Crippen molar-refractivity contribution >= 4 is 23.6 Å². The van der Waals surface area contributed by atoms with Crippen LogP contribution in [0, 0.1) is 0 Å². The molecule has 22 heavy (non-hydrogen) atoms. The minimum Gasteiger partial charge on any atom is -0.310 e. The molecule has 1 amide bonds. The van der Waals surface area contributed by atoms with Gasteiger partial charge in [0, 0.05) is 23.2 Å². The minimum atomic E-state index is 0.0183. The van der Waals surface area contributed by atoms with Gasteiger partial charge in [0.25, 0.3) is 0 Å². The molecule has 108 valence electrons. The highest BCUT2D eigenvalue weighted by molar-refractivity contribution is 6.20. The fraction of sp³-hybridized carbons (Fsp3) is 0.167. The normalized spacial score (nSPS) is 16.1. The molecule has 0 fully saturated rings. The molecule has 0 bridgehead atoms. The van der Waals surface area contributed by atoms with Crippen LogP contribution in [0.1, 0.15) is 27.0 Å². The summed E-state index contributed by atoms with van der Waals surface area (Å²) in [4.78, 5) is 29.9. The Balaban J connectivity index is 2.00. The molecule has 4 heteroatoms. The second-order valence-electron chi connectivity index (χ2n) is 5.52. The first kappa shape index (κ1) is 13.0. The van der Waals surface area contributed by atoms with Gasteiger partial charge in [0.15, 0.2) is 0 Å². The van der Waals surface area contributed by atoms with Gasteiger partial charge in [-0.05, 0) is 24.1 Å². The molecule has 0 saturated carbocycles. The molecule has 4 rings (SSSR count). The average molecular weight is 290 g/mol. The summed E-state index contributed by atoms with van der Waals surface area (Å²) in [5.41, 5.74) is 5.25. The van der Waals surface area contributed by atoms with Crippen LogP contribution in [0.2, 0.25) is 0 Å². The Labute approximate surface area is 128 Å². The van der Waals surface area contributed by atoms with Crippen LogP contribution >= 0.6 is 0 Å². The van der Waals surface area contributed by atoms with Crippen molar-refractivity contribution in [1.82, 2.24) is 0 Å². The summed E-state index contributed by atoms with van der Waals surface area (Å²) in [5.74, 6) is 0.0183. The van der Waals surface area contributed by atoms with E-state index in [1.165, 1.54) is 0 Å². The maximum absolute atomic E-state index is 12.3. The standard InChI is InChI=1S/C18H14N2O2/c21-11-12-8-14-6-7-20-16(22)10-19-17(15(9-12)18(14)20)13-4-2-1-3-5-13/h1-5,8-9,11H,6-7,10H2. The van der Waals surface area contributed by atoms with E-state index in [1.54, 1.807) is 4.90 Å². The van der Waals surface area contributed by atoms with Crippen LogP contribution in [0.5, 0.6) is 0 Å². The number of aliphatic imine (C=N–C) groups is 1. The third-order valence-corrected chi connectivity index (χ3v) is 4.20. The Morgan fingerprint density at radius 2 is 1.95 bits per heavy atom. The molecule has 0 radical (unpaired) electrons. The van der Waals surface area contributed by atoms with E-state index >= 15 is 0 Å². The summed E-state index contributed by atoms with van der Waals surface area (Å²) in [6, 6.07) is 13.5. The predicted molar refractivity (Wildman–Crippen MR) is 84.8 cm³/mol. The third kappa shape index (κ3) is 1.88. The van der Waals surface area contributed by atoms with E-state index in [-0.39, 0.29) is 12.5 Å². The van der Waals surface area contributed by atoms with Crippen LogP contribution in [-0.2, 0) is 11.2 Å². The van der Waals surface area contributed by atoms with Gasteiger partial charge >= 0.3 is 0 Å². The Morgan fingerprint density at radius 3 is 2.73 bits per heavy atom. The zero-order valence-corrected chi connectivity index (χ0v) is 12.0. The summed E-state index contributed by atoms with van der Waals surface area (Å²) in [5, 5.41) is 0. The number of rotatable bonds is 2. The van der Waals surface area contributed by atoms with Crippen molar-refractivity contribution in [2.45, 2.75) is 6.42 Å². The van der Waals surface area contributed by atoms with Gasteiger partial charge in [-0.25, -0.2) is 0 Å². The molecule has 2 aliphatic rings. The van der Waals surface area contributed by atoms with Gasteiger partial charge in [0.05, 0.1) is 11.4 Å². The fourth-order valence-electron chi connectivity index (χ4n) is 3.23. The highest BCUT2D eigenvalue weighted by atomic mass is 16.2. The van der Waals surface area contributed by atoms with Crippen molar-refractivity contribution < 1.29 is 9.59 Å². The number of hydrogen-bond donors (Lipinski definition) is 0. The molecule has 2 aliphatic heterocycles. The van der Waals surface area contributed by atoms with E-state index in [2.05, 4.69) is 4.99 Å². The van der Waals surface area contributed by atoms with Gasteiger partial charge in [-0.15, -0.1) is 0 Å². The number of carbonyl (C=O) groups is 2. The number of amides is 1. The van der Waals surface area contributed by atoms with Gasteiger partial charge in [0.2, 0.25) is 5.91 Å². The number of carbonyl (C=O) groups excluding carboxylic acids is 2. The Kier molecular flexibility index (Phi) is 2.89. The van der Waals surface area contributed by atoms with Crippen LogP contribution in [0.3, 0.4) is 0 Å². The van der Waals surface area contributed by atoms with Crippen molar-refractivity contribution in [3.05, 3.63) is 64.7 Å². The smallest absolute Gasteiger partial charge is 0.248 e. The molecule has 2 heterocycles. The summed E-state index contributed by atoms with van der Waals surface area (Å²) in [7, 11) is 0. The fourth-order valence-corrected chi connectivity index (χ4v) is 3.23. The van der Waals surface area contributed by atoms with Crippen molar-refractivity contribution in [3.8, 4) is 0 Å². The number of aldehydes is 1. The summed E-state index contributed by atoms with van der Waals surface area (Å²) in [6.07, 6.45) is 1.65. The van der Waals surface area contributed by atoms with E-state index in [0.29, 0.717) is 12.1 Å². The first-order valence-electron chi connectivity index (χ1n) is 7.30. The van der Waals surface area contributed by atoms with Gasteiger partial charge < -0.3 is 4.90 Å². The van der Waals surface area contributed by atoms with Gasteiger partial charge in [-0.2, -0.15) is 0 Å². The van der Waals surface area contributed by atoms with Crippen LogP contribution in [0.4, 0.5) is 5.69 Å². The summed E-state index contributed by atoms with van der Waals surface area (Å²) in [6.45, 7) is 0.815. The highest BCUT2D eigenvalue weighted by Gasteiger charge is 2.31. The number of hydrogen-bond acceptors (Lipinski definition) is 3. The highest BCUT2D eigenvalue weighted by Crippen LogP contribution is 2.36. The first-order chi connectivity index (χ1) is 10.8. The summed E-state index contributed by atoms with van der Waals surface area (Å²) < 4.78 is 0. The molecule has 0 aromatic heterocycles. The third-order valence-electron chi connectivity index (χ3n) is 4.20. The van der Waals surface area contributed by atoms with Crippen LogP contribution in [-0.4, -0.2) is 31.0 Å². The molecule has 0 unspecified atom stereocenters. The first-order valence-corrected chi connectivity index (χ1v) is 7.30. The lowest BCUT2D eigenvalue weighted by Gasteiger charge is -2.17. The zero-order valence-electron chi connectivity index (χ0n) is 12.0. The number of nitrogens with zero attached hydrogens (tertiary/aromatic N) is 2. The van der Waals surface area contributed by atoms with Crippen molar-refractivity contribution in [2.75, 3.05) is 18.0 Å². The Morgan fingerprint density at radius 1 is 1.14 bits per heavy atom. The molecule has 4 nitrogen and oxygen atoms in total. The molecule has 0 spiro atoms. The van der Waals surface area contributed by atoms with Crippen molar-refractivity contribution in [1.29, 1.82) is 0 Å². The van der Waals surface area contributed by atoms with Gasteiger partial charge in [-0.1, -0.05) is 30.3 Å². The van der Waals surface area contributed by atoms with Crippen molar-refractivity contribution in [2.24, 2.45) is 4.99 Å². The molecular weight excluding hydrogens is 276 g/mol. The number of anilines is 1. The lowest BCUT2D eigenvalue weighted by atomic mass is 9.96. The van der Waals surface area contributed by atoms with Gasteiger partial charge in [-0.3, -0.25) is 14.6 Å². The summed E-state index contributed by atoms with van der Waals surface area (Å²) >= 11 is 0. The minimum absolute atomic E-state index is 0.0183. The predicted octanol–water partition coefficient (Wildman–Crippen LogP) is 2.24. The SMILES string of the molecule is O=Cc1cc2c3c(c1)C(c1ccccc1)=NCC(=O)N3CC2. The topological polar surface area (TPSA) is 49.7 Å². The van der Waals surface area contributed by atoms with E-state index < -0.39 is 0 Å². The lowest BCUT2D eigenvalue weighted by Crippen LogP contribution is -2.30. The maximum atomic E-state index is 12.3. The molecule has 0 aliphatic carbocycles. The average Bonchev–Trinajstić information content (AvgIpc) is 2.93. The lowest BCUT2D eigenvalue weighted by molar-refractivity contribution is -0.117. The van der Waals surface area contributed by atoms with Crippen LogP contribution in [0.25, 0.3) is 0 Å².